The van der Waals surface area contributed by atoms with Crippen LogP contribution in [0.2, 0.25) is 0 Å². The molecule has 32 heavy (non-hydrogen) atoms. The molecule has 3 rings (SSSR count). The van der Waals surface area contributed by atoms with Gasteiger partial charge in [-0.1, -0.05) is 6.07 Å². The van der Waals surface area contributed by atoms with Crippen LogP contribution in [-0.4, -0.2) is 63.9 Å². The SMILES string of the molecule is CCN(CC)c1ccc(CNC(=O)c2cc(S(=O)(=O)N(C)C)ccc2N2CCCC2)cn1. The number of nitrogens with zero attached hydrogens (tertiary/aromatic N) is 4. The minimum atomic E-state index is -3.64. The van der Waals surface area contributed by atoms with Crippen molar-refractivity contribution in [2.24, 2.45) is 0 Å². The summed E-state index contributed by atoms with van der Waals surface area (Å²) in [5, 5.41) is 2.94. The van der Waals surface area contributed by atoms with Gasteiger partial charge in [0.15, 0.2) is 0 Å². The quantitative estimate of drug-likeness (QED) is 0.621. The summed E-state index contributed by atoms with van der Waals surface area (Å²) in [7, 11) is -0.669. The molecule has 1 amide bonds. The lowest BCUT2D eigenvalue weighted by atomic mass is 10.1. The van der Waals surface area contributed by atoms with Crippen LogP contribution in [0.5, 0.6) is 0 Å². The van der Waals surface area contributed by atoms with Crippen molar-refractivity contribution >= 4 is 27.4 Å². The molecule has 1 aromatic heterocycles. The van der Waals surface area contributed by atoms with Crippen LogP contribution in [0.3, 0.4) is 0 Å². The number of aromatic nitrogens is 1. The Hall–Kier alpha value is -2.65. The number of sulfonamides is 1. The second-order valence-electron chi connectivity index (χ2n) is 8.04. The third-order valence-corrected chi connectivity index (χ3v) is 7.60. The molecule has 2 heterocycles. The fourth-order valence-electron chi connectivity index (χ4n) is 3.84. The van der Waals surface area contributed by atoms with Crippen molar-refractivity contribution in [1.29, 1.82) is 0 Å². The molecule has 2 aromatic rings. The van der Waals surface area contributed by atoms with Crippen molar-refractivity contribution in [3.8, 4) is 0 Å². The molecule has 8 nitrogen and oxygen atoms in total. The highest BCUT2D eigenvalue weighted by Crippen LogP contribution is 2.28. The normalized spacial score (nSPS) is 14.1. The molecular formula is C23H33N5O3S. The van der Waals surface area contributed by atoms with Crippen molar-refractivity contribution < 1.29 is 13.2 Å². The van der Waals surface area contributed by atoms with Crippen molar-refractivity contribution in [3.05, 3.63) is 47.7 Å². The largest absolute Gasteiger partial charge is 0.371 e. The van der Waals surface area contributed by atoms with Gasteiger partial charge in [-0.3, -0.25) is 4.79 Å². The van der Waals surface area contributed by atoms with E-state index in [-0.39, 0.29) is 10.8 Å². The van der Waals surface area contributed by atoms with Gasteiger partial charge in [0.25, 0.3) is 5.91 Å². The van der Waals surface area contributed by atoms with E-state index in [0.29, 0.717) is 12.1 Å². The summed E-state index contributed by atoms with van der Waals surface area (Å²) in [4.78, 5) is 22.0. The number of carbonyl (C=O) groups excluding carboxylic acids is 1. The van der Waals surface area contributed by atoms with E-state index in [1.54, 1.807) is 18.3 Å². The van der Waals surface area contributed by atoms with E-state index in [9.17, 15) is 13.2 Å². The van der Waals surface area contributed by atoms with E-state index >= 15 is 0 Å². The van der Waals surface area contributed by atoms with Gasteiger partial charge in [-0.15, -0.1) is 0 Å². The summed E-state index contributed by atoms with van der Waals surface area (Å²) < 4.78 is 26.4. The molecule has 1 saturated heterocycles. The maximum Gasteiger partial charge on any atom is 0.253 e. The molecule has 0 unspecified atom stereocenters. The first-order valence-electron chi connectivity index (χ1n) is 11.1. The van der Waals surface area contributed by atoms with Crippen molar-refractivity contribution in [2.45, 2.75) is 38.1 Å². The predicted molar refractivity (Wildman–Crippen MR) is 128 cm³/mol. The number of carbonyl (C=O) groups is 1. The average Bonchev–Trinajstić information content (AvgIpc) is 3.33. The summed E-state index contributed by atoms with van der Waals surface area (Å²) in [5.74, 6) is 0.610. The molecule has 1 N–H and O–H groups in total. The van der Waals surface area contributed by atoms with Gasteiger partial charge in [0.1, 0.15) is 5.82 Å². The van der Waals surface area contributed by atoms with Crippen LogP contribution < -0.4 is 15.1 Å². The molecule has 1 fully saturated rings. The van der Waals surface area contributed by atoms with E-state index in [0.717, 1.165) is 60.4 Å². The topological polar surface area (TPSA) is 85.8 Å². The first kappa shape index (κ1) is 24.0. The summed E-state index contributed by atoms with van der Waals surface area (Å²) in [6, 6.07) is 8.72. The zero-order valence-electron chi connectivity index (χ0n) is 19.3. The van der Waals surface area contributed by atoms with Crippen LogP contribution in [0.4, 0.5) is 11.5 Å². The van der Waals surface area contributed by atoms with Gasteiger partial charge in [0, 0.05) is 58.7 Å². The maximum atomic E-state index is 13.1. The number of anilines is 2. The third kappa shape index (κ3) is 5.21. The molecule has 0 atom stereocenters. The standard InChI is InChI=1S/C23H33N5O3S/c1-5-27(6-2)22-12-9-18(16-24-22)17-25-23(29)20-15-19(32(30,31)26(3)4)10-11-21(20)28-13-7-8-14-28/h9-12,15-16H,5-8,13-14,17H2,1-4H3,(H,25,29). The van der Waals surface area contributed by atoms with Crippen LogP contribution in [0.1, 0.15) is 42.6 Å². The maximum absolute atomic E-state index is 13.1. The minimum absolute atomic E-state index is 0.112. The first-order valence-corrected chi connectivity index (χ1v) is 12.5. The molecule has 0 radical (unpaired) electrons. The number of hydrogen-bond acceptors (Lipinski definition) is 6. The molecular weight excluding hydrogens is 426 g/mol. The van der Waals surface area contributed by atoms with Gasteiger partial charge in [-0.25, -0.2) is 17.7 Å². The molecule has 0 aliphatic carbocycles. The fourth-order valence-corrected chi connectivity index (χ4v) is 4.76. The monoisotopic (exact) mass is 459 g/mol. The Morgan fingerprint density at radius 3 is 2.34 bits per heavy atom. The first-order chi connectivity index (χ1) is 15.3. The highest BCUT2D eigenvalue weighted by Gasteiger charge is 2.24. The van der Waals surface area contributed by atoms with Crippen LogP contribution in [-0.2, 0) is 16.6 Å². The second kappa shape index (κ2) is 10.3. The summed E-state index contributed by atoms with van der Waals surface area (Å²) in [5.41, 5.74) is 2.03. The number of benzene rings is 1. The van der Waals surface area contributed by atoms with Crippen molar-refractivity contribution in [3.63, 3.8) is 0 Å². The zero-order chi connectivity index (χ0) is 23.3. The van der Waals surface area contributed by atoms with E-state index in [1.165, 1.54) is 20.2 Å². The molecule has 9 heteroatoms. The second-order valence-corrected chi connectivity index (χ2v) is 10.2. The highest BCUT2D eigenvalue weighted by molar-refractivity contribution is 7.89. The number of pyridine rings is 1. The fraction of sp³-hybridized carbons (Fsp3) is 0.478. The Balaban J connectivity index is 1.82. The lowest BCUT2D eigenvalue weighted by molar-refractivity contribution is 0.0951. The number of hydrogen-bond donors (Lipinski definition) is 1. The van der Waals surface area contributed by atoms with Gasteiger partial charge in [0.05, 0.1) is 10.5 Å². The Morgan fingerprint density at radius 1 is 1.09 bits per heavy atom. The highest BCUT2D eigenvalue weighted by atomic mass is 32.2. The molecule has 1 aliphatic rings. The van der Waals surface area contributed by atoms with Crippen molar-refractivity contribution in [2.75, 3.05) is 50.1 Å². The average molecular weight is 460 g/mol. The van der Waals surface area contributed by atoms with Crippen LogP contribution in [0.15, 0.2) is 41.4 Å². The van der Waals surface area contributed by atoms with Gasteiger partial charge >= 0.3 is 0 Å². The van der Waals surface area contributed by atoms with Gasteiger partial charge in [-0.2, -0.15) is 0 Å². The van der Waals surface area contributed by atoms with Gasteiger partial charge < -0.3 is 15.1 Å². The lowest BCUT2D eigenvalue weighted by Crippen LogP contribution is -2.28. The van der Waals surface area contributed by atoms with Gasteiger partial charge in [0.2, 0.25) is 10.0 Å². The molecule has 174 valence electrons. The summed E-state index contributed by atoms with van der Waals surface area (Å²) in [6.45, 7) is 7.96. The minimum Gasteiger partial charge on any atom is -0.371 e. The zero-order valence-corrected chi connectivity index (χ0v) is 20.2. The summed E-state index contributed by atoms with van der Waals surface area (Å²) in [6.07, 6.45) is 3.88. The van der Waals surface area contributed by atoms with Crippen LogP contribution in [0.25, 0.3) is 0 Å². The van der Waals surface area contributed by atoms with Crippen LogP contribution >= 0.6 is 0 Å². The molecule has 0 spiro atoms. The van der Waals surface area contributed by atoms with E-state index in [2.05, 4.69) is 33.9 Å². The Labute approximate surface area is 191 Å². The number of amides is 1. The molecule has 1 aromatic carbocycles. The van der Waals surface area contributed by atoms with Crippen LogP contribution in [0, 0.1) is 0 Å². The smallest absolute Gasteiger partial charge is 0.253 e. The molecule has 0 bridgehead atoms. The Kier molecular flexibility index (Phi) is 7.73. The van der Waals surface area contributed by atoms with E-state index in [1.807, 2.05) is 12.1 Å². The number of rotatable bonds is 9. The van der Waals surface area contributed by atoms with Gasteiger partial charge in [-0.05, 0) is 56.5 Å². The summed E-state index contributed by atoms with van der Waals surface area (Å²) >= 11 is 0. The van der Waals surface area contributed by atoms with E-state index in [4.69, 9.17) is 0 Å². The third-order valence-electron chi connectivity index (χ3n) is 5.79. The van der Waals surface area contributed by atoms with E-state index < -0.39 is 10.0 Å². The lowest BCUT2D eigenvalue weighted by Gasteiger charge is -2.22. The number of nitrogens with one attached hydrogen (secondary N) is 1. The molecule has 1 aliphatic heterocycles. The molecule has 0 saturated carbocycles. The predicted octanol–water partition coefficient (Wildman–Crippen LogP) is 2.71. The Bertz CT molecular complexity index is 1030. The Morgan fingerprint density at radius 2 is 1.78 bits per heavy atom. The van der Waals surface area contributed by atoms with Crippen molar-refractivity contribution in [1.82, 2.24) is 14.6 Å².